The minimum absolute atomic E-state index is 0.115. The Morgan fingerprint density at radius 2 is 1.90 bits per heavy atom. The Labute approximate surface area is 177 Å². The molecule has 4 heteroatoms. The van der Waals surface area contributed by atoms with E-state index in [0.717, 1.165) is 29.7 Å². The summed E-state index contributed by atoms with van der Waals surface area (Å²) in [5, 5.41) is 8.13. The molecule has 0 saturated heterocycles. The molecule has 0 amide bonds. The minimum Gasteiger partial charge on any atom is -0.497 e. The van der Waals surface area contributed by atoms with Gasteiger partial charge in [0.05, 0.1) is 7.11 Å². The highest BCUT2D eigenvalue weighted by atomic mass is 32.2. The van der Waals surface area contributed by atoms with Crippen molar-refractivity contribution in [2.24, 2.45) is 0 Å². The zero-order valence-corrected chi connectivity index (χ0v) is 17.9. The van der Waals surface area contributed by atoms with Crippen molar-refractivity contribution in [2.75, 3.05) is 7.11 Å². The Morgan fingerprint density at radius 3 is 2.69 bits per heavy atom. The number of methoxy groups -OCH3 is 1. The fourth-order valence-electron chi connectivity index (χ4n) is 2.98. The molecule has 0 fully saturated rings. The number of aromatic nitrogens is 1. The zero-order chi connectivity index (χ0) is 20.5. The second kappa shape index (κ2) is 10.6. The van der Waals surface area contributed by atoms with Crippen molar-refractivity contribution in [1.29, 1.82) is 0 Å². The highest BCUT2D eigenvalue weighted by molar-refractivity contribution is 8.03. The molecule has 0 aliphatic carbocycles. The summed E-state index contributed by atoms with van der Waals surface area (Å²) in [4.78, 5) is 4.17. The van der Waals surface area contributed by atoms with Crippen LogP contribution in [0.3, 0.4) is 0 Å². The van der Waals surface area contributed by atoms with Gasteiger partial charge in [-0.3, -0.25) is 4.98 Å². The molecular weight excluding hydrogens is 376 g/mol. The number of thioether (sulfide) groups is 1. The highest BCUT2D eigenvalue weighted by Crippen LogP contribution is 2.28. The summed E-state index contributed by atoms with van der Waals surface area (Å²) in [5.74, 6) is 7.52. The fourth-order valence-corrected chi connectivity index (χ4v) is 3.80. The Bertz CT molecular complexity index is 1030. The normalized spacial score (nSPS) is 14.7. The average Bonchev–Trinajstić information content (AvgIpc) is 3.27. The summed E-state index contributed by atoms with van der Waals surface area (Å²) < 4.78 is 5.18. The Hall–Kier alpha value is -2.90. The highest BCUT2D eigenvalue weighted by Gasteiger charge is 2.15. The van der Waals surface area contributed by atoms with Crippen molar-refractivity contribution in [3.05, 3.63) is 77.5 Å². The molecule has 3 nitrogen and oxygen atoms in total. The van der Waals surface area contributed by atoms with Gasteiger partial charge in [0.1, 0.15) is 11.1 Å². The third kappa shape index (κ3) is 5.56. The van der Waals surface area contributed by atoms with Gasteiger partial charge in [0, 0.05) is 29.9 Å². The lowest BCUT2D eigenvalue weighted by atomic mass is 10.1. The van der Waals surface area contributed by atoms with Crippen LogP contribution in [0.4, 0.5) is 0 Å². The molecule has 0 saturated carbocycles. The first-order valence-corrected chi connectivity index (χ1v) is 10.8. The number of benzene rings is 2. The first kappa shape index (κ1) is 20.8. The lowest BCUT2D eigenvalue weighted by Gasteiger charge is -2.08. The number of hydrogen-bond acceptors (Lipinski definition) is 4. The predicted octanol–water partition coefficient (Wildman–Crippen LogP) is 5.87. The molecule has 148 valence electrons. The van der Waals surface area contributed by atoms with Crippen molar-refractivity contribution in [1.82, 2.24) is 10.3 Å². The molecule has 3 aromatic rings. The maximum Gasteiger partial charge on any atom is 0.139 e. The van der Waals surface area contributed by atoms with Crippen LogP contribution in [-0.2, 0) is 6.42 Å². The summed E-state index contributed by atoms with van der Waals surface area (Å²) in [6.45, 7) is 4.00. The number of hydrogen-bond donors (Lipinski definition) is 1. The van der Waals surface area contributed by atoms with Gasteiger partial charge < -0.3 is 10.1 Å². The molecular formula is C25H26N2OS. The Kier molecular flexibility index (Phi) is 7.61. The predicted molar refractivity (Wildman–Crippen MR) is 125 cm³/mol. The maximum absolute atomic E-state index is 5.18. The van der Waals surface area contributed by atoms with Crippen molar-refractivity contribution in [3.8, 4) is 17.6 Å². The van der Waals surface area contributed by atoms with Crippen LogP contribution in [0.1, 0.15) is 31.4 Å². The molecule has 1 N–H and O–H groups in total. The molecule has 0 bridgehead atoms. The number of ether oxygens (including phenoxy) is 1. The standard InChI is InChI=1S/C23H20N2OS.C2H6/c1-26-21-10-6-17(7-11-21)4-2-3-5-23-25-22(16-27-23)19-8-9-20-15-24-13-12-18(20)14-19;1-2/h6-16,23,25H,2,4H2,1H3;1-2H3. The Balaban J connectivity index is 0.00000117. The van der Waals surface area contributed by atoms with E-state index in [0.29, 0.717) is 0 Å². The van der Waals surface area contributed by atoms with Crippen molar-refractivity contribution < 1.29 is 4.74 Å². The van der Waals surface area contributed by atoms with Crippen LogP contribution in [-0.4, -0.2) is 17.5 Å². The quantitative estimate of drug-likeness (QED) is 0.554. The molecule has 4 rings (SSSR count). The van der Waals surface area contributed by atoms with Crippen molar-refractivity contribution in [3.63, 3.8) is 0 Å². The molecule has 1 atom stereocenters. The van der Waals surface area contributed by atoms with E-state index in [1.54, 1.807) is 18.9 Å². The average molecular weight is 403 g/mol. The lowest BCUT2D eigenvalue weighted by molar-refractivity contribution is 0.414. The first-order chi connectivity index (χ1) is 14.3. The van der Waals surface area contributed by atoms with E-state index in [-0.39, 0.29) is 5.37 Å². The molecule has 2 heterocycles. The van der Waals surface area contributed by atoms with Gasteiger partial charge in [-0.05, 0) is 52.6 Å². The van der Waals surface area contributed by atoms with Gasteiger partial charge in [-0.1, -0.05) is 61.7 Å². The lowest BCUT2D eigenvalue weighted by Crippen LogP contribution is -2.17. The minimum atomic E-state index is 0.115. The van der Waals surface area contributed by atoms with Crippen molar-refractivity contribution in [2.45, 2.75) is 32.1 Å². The smallest absolute Gasteiger partial charge is 0.139 e. The van der Waals surface area contributed by atoms with E-state index >= 15 is 0 Å². The van der Waals surface area contributed by atoms with E-state index < -0.39 is 0 Å². The zero-order valence-electron chi connectivity index (χ0n) is 17.1. The number of pyridine rings is 1. The van der Waals surface area contributed by atoms with E-state index in [9.17, 15) is 0 Å². The summed E-state index contributed by atoms with van der Waals surface area (Å²) in [6.07, 6.45) is 5.52. The molecule has 29 heavy (non-hydrogen) atoms. The SMILES string of the molecule is CC.COc1ccc(CCC#CC2NC(c3ccc4cnccc4c3)=CS2)cc1. The third-order valence-electron chi connectivity index (χ3n) is 4.49. The van der Waals surface area contributed by atoms with Crippen LogP contribution in [0.25, 0.3) is 16.5 Å². The molecule has 0 radical (unpaired) electrons. The maximum atomic E-state index is 5.18. The fraction of sp³-hybridized carbons (Fsp3) is 0.240. The van der Waals surface area contributed by atoms with Crippen molar-refractivity contribution >= 4 is 28.2 Å². The summed E-state index contributed by atoms with van der Waals surface area (Å²) in [6, 6.07) is 16.6. The summed E-state index contributed by atoms with van der Waals surface area (Å²) >= 11 is 1.73. The molecule has 1 unspecified atom stereocenters. The van der Waals surface area contributed by atoms with Gasteiger partial charge in [0.2, 0.25) is 0 Å². The van der Waals surface area contributed by atoms with Gasteiger partial charge in [-0.15, -0.1) is 0 Å². The molecule has 2 aromatic carbocycles. The number of rotatable bonds is 4. The third-order valence-corrected chi connectivity index (χ3v) is 5.37. The molecule has 1 aromatic heterocycles. The van der Waals surface area contributed by atoms with Crippen LogP contribution >= 0.6 is 11.8 Å². The molecule has 1 aliphatic heterocycles. The summed E-state index contributed by atoms with van der Waals surface area (Å²) in [5.41, 5.74) is 3.60. The van der Waals surface area contributed by atoms with E-state index in [1.165, 1.54) is 16.5 Å². The van der Waals surface area contributed by atoms with Gasteiger partial charge in [-0.2, -0.15) is 0 Å². The molecule has 0 spiro atoms. The largest absolute Gasteiger partial charge is 0.497 e. The van der Waals surface area contributed by atoms with Crippen LogP contribution in [0.15, 0.2) is 66.3 Å². The van der Waals surface area contributed by atoms with Gasteiger partial charge in [0.25, 0.3) is 0 Å². The van der Waals surface area contributed by atoms with E-state index in [4.69, 9.17) is 4.74 Å². The second-order valence-electron chi connectivity index (χ2n) is 6.30. The second-order valence-corrected chi connectivity index (χ2v) is 7.28. The van der Waals surface area contributed by atoms with Crippen LogP contribution in [0.2, 0.25) is 0 Å². The topological polar surface area (TPSA) is 34.1 Å². The summed E-state index contributed by atoms with van der Waals surface area (Å²) in [7, 11) is 1.68. The first-order valence-electron chi connectivity index (χ1n) is 9.89. The number of nitrogens with zero attached hydrogens (tertiary/aromatic N) is 1. The number of nitrogens with one attached hydrogen (secondary N) is 1. The molecule has 1 aliphatic rings. The van der Waals surface area contributed by atoms with Crippen LogP contribution in [0, 0.1) is 11.8 Å². The monoisotopic (exact) mass is 402 g/mol. The van der Waals surface area contributed by atoms with Gasteiger partial charge in [-0.25, -0.2) is 0 Å². The van der Waals surface area contributed by atoms with Gasteiger partial charge in [0.15, 0.2) is 0 Å². The van der Waals surface area contributed by atoms with E-state index in [2.05, 4.69) is 57.9 Å². The van der Waals surface area contributed by atoms with Gasteiger partial charge >= 0.3 is 0 Å². The van der Waals surface area contributed by atoms with Crippen LogP contribution in [0.5, 0.6) is 5.75 Å². The van der Waals surface area contributed by atoms with E-state index in [1.807, 2.05) is 44.4 Å². The Morgan fingerprint density at radius 1 is 1.07 bits per heavy atom. The number of fused-ring (bicyclic) bond motifs is 1. The number of aryl methyl sites for hydroxylation is 1. The van der Waals surface area contributed by atoms with Crippen LogP contribution < -0.4 is 10.1 Å².